The van der Waals surface area contributed by atoms with Gasteiger partial charge in [0.2, 0.25) is 5.89 Å². The molecule has 0 aliphatic carbocycles. The van der Waals surface area contributed by atoms with Crippen LogP contribution in [0, 0.1) is 0 Å². The summed E-state index contributed by atoms with van der Waals surface area (Å²) in [5.74, 6) is 1.67. The molecule has 1 aliphatic heterocycles. The maximum absolute atomic E-state index is 12.6. The number of hydrogen-bond acceptors (Lipinski definition) is 7. The molecule has 2 aromatic heterocycles. The first-order valence-corrected chi connectivity index (χ1v) is 8.86. The quantitative estimate of drug-likeness (QED) is 0.842. The summed E-state index contributed by atoms with van der Waals surface area (Å²) in [5.41, 5.74) is -0.239. The van der Waals surface area contributed by atoms with E-state index in [4.69, 9.17) is 4.52 Å². The molecule has 0 saturated carbocycles. The average Bonchev–Trinajstić information content (AvgIpc) is 3.26. The van der Waals surface area contributed by atoms with Crippen LogP contribution in [0.3, 0.4) is 0 Å². The number of carbonyl (C=O) groups is 1. The van der Waals surface area contributed by atoms with Gasteiger partial charge < -0.3 is 19.6 Å². The topological polar surface area (TPSA) is 87.4 Å². The highest BCUT2D eigenvalue weighted by molar-refractivity contribution is 5.94. The molecule has 1 amide bonds. The molecule has 0 atom stereocenters. The molecule has 0 radical (unpaired) electrons. The highest BCUT2D eigenvalue weighted by Crippen LogP contribution is 2.20. The second kappa shape index (κ2) is 7.41. The lowest BCUT2D eigenvalue weighted by Crippen LogP contribution is -2.42. The number of carbonyl (C=O) groups excluding carboxylic acids is 1. The van der Waals surface area contributed by atoms with Gasteiger partial charge in [-0.05, 0) is 52.9 Å². The van der Waals surface area contributed by atoms with Crippen molar-refractivity contribution >= 4 is 11.7 Å². The van der Waals surface area contributed by atoms with Crippen LogP contribution in [0.1, 0.15) is 48.8 Å². The van der Waals surface area contributed by atoms with Crippen molar-refractivity contribution in [1.82, 2.24) is 25.3 Å². The van der Waals surface area contributed by atoms with E-state index < -0.39 is 5.54 Å². The lowest BCUT2D eigenvalue weighted by molar-refractivity contribution is 0.0907. The second-order valence-electron chi connectivity index (χ2n) is 7.43. The fourth-order valence-electron chi connectivity index (χ4n) is 2.91. The largest absolute Gasteiger partial charge is 0.357 e. The third-order valence-corrected chi connectivity index (χ3v) is 4.34. The number of nitrogens with one attached hydrogen (secondary N) is 1. The van der Waals surface area contributed by atoms with Gasteiger partial charge in [0, 0.05) is 19.3 Å². The Morgan fingerprint density at radius 3 is 2.65 bits per heavy atom. The van der Waals surface area contributed by atoms with Gasteiger partial charge in [-0.15, -0.1) is 0 Å². The van der Waals surface area contributed by atoms with Gasteiger partial charge in [-0.2, -0.15) is 4.98 Å². The Balaban J connectivity index is 1.66. The highest BCUT2D eigenvalue weighted by Gasteiger charge is 2.29. The van der Waals surface area contributed by atoms with E-state index in [2.05, 4.69) is 25.3 Å². The minimum atomic E-state index is -0.751. The van der Waals surface area contributed by atoms with Gasteiger partial charge in [0.05, 0.1) is 17.6 Å². The van der Waals surface area contributed by atoms with E-state index in [0.717, 1.165) is 18.9 Å². The minimum absolute atomic E-state index is 0.213. The fraction of sp³-hybridized carbons (Fsp3) is 0.556. The molecule has 3 rings (SSSR count). The SMILES string of the molecule is CN(C)Cc1nc(C(C)(C)NC(=O)c2ccc(N3CCCC3)nc2)no1. The number of nitrogens with zero attached hydrogens (tertiary/aromatic N) is 5. The Morgan fingerprint density at radius 2 is 2.04 bits per heavy atom. The van der Waals surface area contributed by atoms with Gasteiger partial charge in [-0.25, -0.2) is 4.98 Å². The first kappa shape index (κ1) is 18.3. The van der Waals surface area contributed by atoms with Crippen molar-refractivity contribution in [1.29, 1.82) is 0 Å². The third kappa shape index (κ3) is 4.19. The van der Waals surface area contributed by atoms with Gasteiger partial charge >= 0.3 is 0 Å². The molecule has 1 saturated heterocycles. The molecule has 2 aromatic rings. The van der Waals surface area contributed by atoms with Crippen molar-refractivity contribution in [3.8, 4) is 0 Å². The van der Waals surface area contributed by atoms with Crippen LogP contribution in [-0.4, -0.2) is 53.1 Å². The van der Waals surface area contributed by atoms with Crippen LogP contribution in [0.4, 0.5) is 5.82 Å². The summed E-state index contributed by atoms with van der Waals surface area (Å²) >= 11 is 0. The van der Waals surface area contributed by atoms with Crippen LogP contribution in [0.25, 0.3) is 0 Å². The van der Waals surface area contributed by atoms with E-state index in [9.17, 15) is 4.79 Å². The molecule has 0 unspecified atom stereocenters. The minimum Gasteiger partial charge on any atom is -0.357 e. The van der Waals surface area contributed by atoms with Crippen LogP contribution in [-0.2, 0) is 12.1 Å². The number of pyridine rings is 1. The van der Waals surface area contributed by atoms with E-state index in [-0.39, 0.29) is 5.91 Å². The van der Waals surface area contributed by atoms with Gasteiger partial charge in [0.1, 0.15) is 5.82 Å². The van der Waals surface area contributed by atoms with Crippen LogP contribution < -0.4 is 10.2 Å². The van der Waals surface area contributed by atoms with Crippen molar-refractivity contribution in [3.63, 3.8) is 0 Å². The molecule has 1 fully saturated rings. The van der Waals surface area contributed by atoms with E-state index in [1.165, 1.54) is 12.8 Å². The zero-order valence-corrected chi connectivity index (χ0v) is 15.8. The summed E-state index contributed by atoms with van der Waals surface area (Å²) in [6.07, 6.45) is 4.00. The zero-order valence-electron chi connectivity index (χ0n) is 15.8. The Kier molecular flexibility index (Phi) is 5.22. The molecule has 8 heteroatoms. The summed E-state index contributed by atoms with van der Waals surface area (Å²) in [7, 11) is 3.85. The maximum Gasteiger partial charge on any atom is 0.253 e. The highest BCUT2D eigenvalue weighted by atomic mass is 16.5. The predicted octanol–water partition coefficient (Wildman–Crippen LogP) is 1.79. The molecule has 0 bridgehead atoms. The summed E-state index contributed by atoms with van der Waals surface area (Å²) in [4.78, 5) is 25.6. The molecule has 8 nitrogen and oxygen atoms in total. The fourth-order valence-corrected chi connectivity index (χ4v) is 2.91. The Hall–Kier alpha value is -2.48. The van der Waals surface area contributed by atoms with E-state index in [1.807, 2.05) is 38.9 Å². The van der Waals surface area contributed by atoms with Crippen molar-refractivity contribution in [3.05, 3.63) is 35.6 Å². The second-order valence-corrected chi connectivity index (χ2v) is 7.43. The monoisotopic (exact) mass is 358 g/mol. The summed E-state index contributed by atoms with van der Waals surface area (Å²) in [6.45, 7) is 6.30. The first-order valence-electron chi connectivity index (χ1n) is 8.86. The van der Waals surface area contributed by atoms with Crippen LogP contribution in [0.15, 0.2) is 22.9 Å². The molecule has 140 valence electrons. The molecule has 1 aliphatic rings. The van der Waals surface area contributed by atoms with Crippen LogP contribution in [0.2, 0.25) is 0 Å². The number of anilines is 1. The van der Waals surface area contributed by atoms with Crippen molar-refractivity contribution in [2.75, 3.05) is 32.1 Å². The first-order chi connectivity index (χ1) is 12.3. The summed E-state index contributed by atoms with van der Waals surface area (Å²) in [5, 5.41) is 6.96. The third-order valence-electron chi connectivity index (χ3n) is 4.34. The average molecular weight is 358 g/mol. The Morgan fingerprint density at radius 1 is 1.31 bits per heavy atom. The van der Waals surface area contributed by atoms with Gasteiger partial charge in [-0.3, -0.25) is 4.79 Å². The number of aromatic nitrogens is 3. The lowest BCUT2D eigenvalue weighted by atomic mass is 10.0. The van der Waals surface area contributed by atoms with Crippen molar-refractivity contribution in [2.45, 2.75) is 38.8 Å². The smallest absolute Gasteiger partial charge is 0.253 e. The van der Waals surface area contributed by atoms with Crippen LogP contribution >= 0.6 is 0 Å². The predicted molar refractivity (Wildman–Crippen MR) is 97.9 cm³/mol. The van der Waals surface area contributed by atoms with Crippen molar-refractivity contribution in [2.24, 2.45) is 0 Å². The normalized spacial score (nSPS) is 14.9. The molecule has 26 heavy (non-hydrogen) atoms. The summed E-state index contributed by atoms with van der Waals surface area (Å²) in [6, 6.07) is 3.70. The summed E-state index contributed by atoms with van der Waals surface area (Å²) < 4.78 is 5.25. The molecule has 3 heterocycles. The maximum atomic E-state index is 12.6. The van der Waals surface area contributed by atoms with E-state index in [0.29, 0.717) is 23.8 Å². The molecular weight excluding hydrogens is 332 g/mol. The van der Waals surface area contributed by atoms with E-state index in [1.54, 1.807) is 12.3 Å². The molecule has 0 spiro atoms. The number of amides is 1. The van der Waals surface area contributed by atoms with Gasteiger partial charge in [0.25, 0.3) is 5.91 Å². The Bertz CT molecular complexity index is 747. The number of rotatable bonds is 6. The zero-order chi connectivity index (χ0) is 18.7. The molecule has 1 N–H and O–H groups in total. The standard InChI is InChI=1S/C18H26N6O2/c1-18(2,17-20-15(26-22-17)12-23(3)4)21-16(25)13-7-8-14(19-11-13)24-9-5-6-10-24/h7-8,11H,5-6,9-10,12H2,1-4H3,(H,21,25). The van der Waals surface area contributed by atoms with Crippen molar-refractivity contribution < 1.29 is 9.32 Å². The Labute approximate surface area is 153 Å². The van der Waals surface area contributed by atoms with Gasteiger partial charge in [0.15, 0.2) is 5.82 Å². The molecular formula is C18H26N6O2. The number of hydrogen-bond donors (Lipinski definition) is 1. The van der Waals surface area contributed by atoms with Crippen LogP contribution in [0.5, 0.6) is 0 Å². The molecule has 0 aromatic carbocycles. The van der Waals surface area contributed by atoms with E-state index >= 15 is 0 Å². The lowest BCUT2D eigenvalue weighted by Gasteiger charge is -2.22. The van der Waals surface area contributed by atoms with Gasteiger partial charge in [-0.1, -0.05) is 5.16 Å².